The van der Waals surface area contributed by atoms with Crippen LogP contribution in [0.25, 0.3) is 10.6 Å². The Morgan fingerprint density at radius 1 is 1.41 bits per heavy atom. The summed E-state index contributed by atoms with van der Waals surface area (Å²) in [4.78, 5) is 14.7. The van der Waals surface area contributed by atoms with Gasteiger partial charge in [0.15, 0.2) is 0 Å². The van der Waals surface area contributed by atoms with Crippen molar-refractivity contribution in [2.45, 2.75) is 13.8 Å². The molecule has 0 fully saturated rings. The molecule has 5 heteroatoms. The number of aldehydes is 1. The van der Waals surface area contributed by atoms with Gasteiger partial charge in [0.2, 0.25) is 0 Å². The summed E-state index contributed by atoms with van der Waals surface area (Å²) in [6.45, 7) is 4.20. The number of nitrogens with one attached hydrogen (secondary N) is 1. The van der Waals surface area contributed by atoms with Gasteiger partial charge in [-0.05, 0) is 37.0 Å². The molecule has 0 aliphatic rings. The topological polar surface area (TPSA) is 54.9 Å². The molecule has 1 aromatic carbocycles. The minimum Gasteiger partial charge on any atom is -0.378 e. The second-order valence-electron chi connectivity index (χ2n) is 3.72. The van der Waals surface area contributed by atoms with Gasteiger partial charge in [-0.2, -0.15) is 4.37 Å². The van der Waals surface area contributed by atoms with Crippen molar-refractivity contribution in [3.63, 3.8) is 0 Å². The lowest BCUT2D eigenvalue weighted by Crippen LogP contribution is -2.03. The molecule has 0 radical (unpaired) electrons. The fraction of sp³-hybridized carbons (Fsp3) is 0.250. The molecule has 4 nitrogen and oxygen atoms in total. The fourth-order valence-corrected chi connectivity index (χ4v) is 2.18. The van der Waals surface area contributed by atoms with E-state index in [4.69, 9.17) is 0 Å². The van der Waals surface area contributed by atoms with E-state index in [0.29, 0.717) is 6.54 Å². The molecule has 0 spiro atoms. The number of aromatic nitrogens is 2. The largest absolute Gasteiger partial charge is 0.378 e. The van der Waals surface area contributed by atoms with Gasteiger partial charge in [-0.1, -0.05) is 12.1 Å². The van der Waals surface area contributed by atoms with Crippen LogP contribution in [0.2, 0.25) is 0 Å². The highest BCUT2D eigenvalue weighted by atomic mass is 32.1. The summed E-state index contributed by atoms with van der Waals surface area (Å²) in [7, 11) is 0. The van der Waals surface area contributed by atoms with E-state index < -0.39 is 0 Å². The van der Waals surface area contributed by atoms with E-state index in [0.717, 1.165) is 33.9 Å². The molecule has 1 heterocycles. The quantitative estimate of drug-likeness (QED) is 0.843. The Morgan fingerprint density at radius 2 is 2.24 bits per heavy atom. The van der Waals surface area contributed by atoms with Crippen molar-refractivity contribution < 1.29 is 4.79 Å². The first-order chi connectivity index (χ1) is 8.20. The predicted octanol–water partition coefficient (Wildman–Crippen LogP) is 2.43. The summed E-state index contributed by atoms with van der Waals surface area (Å²) >= 11 is 1.38. The maximum absolute atomic E-state index is 10.4. The average molecular weight is 247 g/mol. The SMILES string of the molecule is Cc1nsc(-c2ccc(C)c(NCC=O)c2)n1. The molecule has 1 aromatic heterocycles. The number of hydrogen-bond acceptors (Lipinski definition) is 5. The van der Waals surface area contributed by atoms with Gasteiger partial charge >= 0.3 is 0 Å². The molecular weight excluding hydrogens is 234 g/mol. The van der Waals surface area contributed by atoms with Gasteiger partial charge in [-0.3, -0.25) is 0 Å². The van der Waals surface area contributed by atoms with E-state index in [-0.39, 0.29) is 0 Å². The number of nitrogens with zero attached hydrogens (tertiary/aromatic N) is 2. The zero-order valence-electron chi connectivity index (χ0n) is 9.73. The Morgan fingerprint density at radius 3 is 2.88 bits per heavy atom. The standard InChI is InChI=1S/C12H13N3OS/c1-8-3-4-10(7-11(8)13-5-6-16)12-14-9(2)15-17-12/h3-4,6-7,13H,5H2,1-2H3. The van der Waals surface area contributed by atoms with Crippen molar-refractivity contribution in [2.24, 2.45) is 0 Å². The monoisotopic (exact) mass is 247 g/mol. The smallest absolute Gasteiger partial charge is 0.144 e. The Labute approximate surface area is 104 Å². The molecule has 0 bridgehead atoms. The number of carbonyl (C=O) groups excluding carboxylic acids is 1. The van der Waals surface area contributed by atoms with Crippen LogP contribution in [0, 0.1) is 13.8 Å². The third kappa shape index (κ3) is 2.68. The van der Waals surface area contributed by atoms with E-state index in [1.807, 2.05) is 32.0 Å². The summed E-state index contributed by atoms with van der Waals surface area (Å²) in [6, 6.07) is 6.03. The molecule has 0 aliphatic heterocycles. The molecule has 2 aromatic rings. The lowest BCUT2D eigenvalue weighted by molar-refractivity contribution is -0.106. The van der Waals surface area contributed by atoms with E-state index in [1.165, 1.54) is 11.5 Å². The highest BCUT2D eigenvalue weighted by Crippen LogP contribution is 2.26. The normalized spacial score (nSPS) is 10.2. The molecule has 88 valence electrons. The van der Waals surface area contributed by atoms with Crippen molar-refractivity contribution in [1.82, 2.24) is 9.36 Å². The van der Waals surface area contributed by atoms with Crippen LogP contribution in [0.3, 0.4) is 0 Å². The third-order valence-electron chi connectivity index (χ3n) is 2.39. The van der Waals surface area contributed by atoms with Crippen LogP contribution in [0.4, 0.5) is 5.69 Å². The van der Waals surface area contributed by atoms with Crippen molar-refractivity contribution >= 4 is 23.5 Å². The minimum atomic E-state index is 0.319. The molecule has 0 atom stereocenters. The molecule has 0 unspecified atom stereocenters. The van der Waals surface area contributed by atoms with Gasteiger partial charge in [0, 0.05) is 11.3 Å². The van der Waals surface area contributed by atoms with Crippen LogP contribution in [0.5, 0.6) is 0 Å². The summed E-state index contributed by atoms with van der Waals surface area (Å²) in [6.07, 6.45) is 0.848. The molecule has 2 rings (SSSR count). The first kappa shape index (κ1) is 11.7. The zero-order chi connectivity index (χ0) is 12.3. The second kappa shape index (κ2) is 5.05. The lowest BCUT2D eigenvalue weighted by atomic mass is 10.1. The maximum Gasteiger partial charge on any atom is 0.144 e. The number of hydrogen-bond donors (Lipinski definition) is 1. The van der Waals surface area contributed by atoms with Crippen LogP contribution in [-0.4, -0.2) is 22.2 Å². The van der Waals surface area contributed by atoms with Gasteiger partial charge in [-0.25, -0.2) is 4.98 Å². The highest BCUT2D eigenvalue weighted by Gasteiger charge is 2.06. The van der Waals surface area contributed by atoms with Crippen LogP contribution in [0.1, 0.15) is 11.4 Å². The molecule has 0 aliphatic carbocycles. The van der Waals surface area contributed by atoms with E-state index in [9.17, 15) is 4.79 Å². The minimum absolute atomic E-state index is 0.319. The number of benzene rings is 1. The molecule has 17 heavy (non-hydrogen) atoms. The second-order valence-corrected chi connectivity index (χ2v) is 4.48. The predicted molar refractivity (Wildman–Crippen MR) is 69.4 cm³/mol. The van der Waals surface area contributed by atoms with Crippen molar-refractivity contribution in [2.75, 3.05) is 11.9 Å². The summed E-state index contributed by atoms with van der Waals surface area (Å²) in [5, 5.41) is 3.97. The summed E-state index contributed by atoms with van der Waals surface area (Å²) in [5.41, 5.74) is 3.09. The Kier molecular flexibility index (Phi) is 3.49. The van der Waals surface area contributed by atoms with Crippen molar-refractivity contribution in [1.29, 1.82) is 0 Å². The summed E-state index contributed by atoms with van der Waals surface area (Å²) < 4.78 is 4.16. The highest BCUT2D eigenvalue weighted by molar-refractivity contribution is 7.09. The first-order valence-corrected chi connectivity index (χ1v) is 6.07. The van der Waals surface area contributed by atoms with Crippen molar-refractivity contribution in [3.05, 3.63) is 29.6 Å². The van der Waals surface area contributed by atoms with Gasteiger partial charge in [0.05, 0.1) is 6.54 Å². The molecule has 0 amide bonds. The van der Waals surface area contributed by atoms with Gasteiger partial charge in [0.25, 0.3) is 0 Å². The number of carbonyl (C=O) groups is 1. The number of rotatable bonds is 4. The maximum atomic E-state index is 10.4. The Hall–Kier alpha value is -1.75. The van der Waals surface area contributed by atoms with E-state index in [2.05, 4.69) is 14.7 Å². The van der Waals surface area contributed by atoms with Crippen LogP contribution < -0.4 is 5.32 Å². The molecule has 0 saturated heterocycles. The Balaban J connectivity index is 2.33. The van der Waals surface area contributed by atoms with Gasteiger partial charge in [-0.15, -0.1) is 0 Å². The molecule has 0 saturated carbocycles. The van der Waals surface area contributed by atoms with Gasteiger partial charge < -0.3 is 10.1 Å². The first-order valence-electron chi connectivity index (χ1n) is 5.29. The fourth-order valence-electron chi connectivity index (χ4n) is 1.51. The van der Waals surface area contributed by atoms with E-state index >= 15 is 0 Å². The van der Waals surface area contributed by atoms with Crippen LogP contribution in [-0.2, 0) is 4.79 Å². The van der Waals surface area contributed by atoms with Crippen LogP contribution >= 0.6 is 11.5 Å². The van der Waals surface area contributed by atoms with Crippen molar-refractivity contribution in [3.8, 4) is 10.6 Å². The number of anilines is 1. The lowest BCUT2D eigenvalue weighted by Gasteiger charge is -2.07. The zero-order valence-corrected chi connectivity index (χ0v) is 10.5. The Bertz CT molecular complexity index is 536. The molecular formula is C12H13N3OS. The van der Waals surface area contributed by atoms with E-state index in [1.54, 1.807) is 0 Å². The molecule has 1 N–H and O–H groups in total. The average Bonchev–Trinajstić information content (AvgIpc) is 2.75. The van der Waals surface area contributed by atoms with Gasteiger partial charge in [0.1, 0.15) is 17.1 Å². The third-order valence-corrected chi connectivity index (χ3v) is 3.24. The number of aryl methyl sites for hydroxylation is 2. The summed E-state index contributed by atoms with van der Waals surface area (Å²) in [5.74, 6) is 0.785. The van der Waals surface area contributed by atoms with Crippen LogP contribution in [0.15, 0.2) is 18.2 Å².